The van der Waals surface area contributed by atoms with Gasteiger partial charge in [0.05, 0.1) is 17.5 Å². The number of carbonyl (C=O) groups is 1. The number of carbonyl (C=O) groups excluding carboxylic acids is 1. The van der Waals surface area contributed by atoms with E-state index >= 15 is 0 Å². The predicted octanol–water partition coefficient (Wildman–Crippen LogP) is 2.31. The first kappa shape index (κ1) is 16.0. The Morgan fingerprint density at radius 2 is 2.05 bits per heavy atom. The van der Waals surface area contributed by atoms with Crippen LogP contribution in [0, 0.1) is 16.7 Å². The standard InChI is InChI=1S/C15H27N3O/c1-4-5-6-9-17-14(19)13(2)18-10-7-15(3,12-16)8-11-18/h13H,4-11H2,1-3H3,(H,17,19). The van der Waals surface area contributed by atoms with Gasteiger partial charge in [0.15, 0.2) is 0 Å². The summed E-state index contributed by atoms with van der Waals surface area (Å²) in [5, 5.41) is 12.1. The second-order valence-electron chi connectivity index (χ2n) is 5.88. The maximum atomic E-state index is 12.0. The van der Waals surface area contributed by atoms with Gasteiger partial charge in [0.2, 0.25) is 5.91 Å². The molecule has 0 saturated carbocycles. The van der Waals surface area contributed by atoms with E-state index in [1.54, 1.807) is 0 Å². The van der Waals surface area contributed by atoms with Crippen LogP contribution in [0.3, 0.4) is 0 Å². The Hall–Kier alpha value is -1.08. The van der Waals surface area contributed by atoms with Gasteiger partial charge in [-0.05, 0) is 33.1 Å². The number of amides is 1. The number of unbranched alkanes of at least 4 members (excludes halogenated alkanes) is 2. The summed E-state index contributed by atoms with van der Waals surface area (Å²) in [4.78, 5) is 14.2. The number of rotatable bonds is 6. The third-order valence-electron chi connectivity index (χ3n) is 4.18. The molecule has 0 aliphatic carbocycles. The molecular weight excluding hydrogens is 238 g/mol. The normalized spacial score (nSPS) is 20.5. The van der Waals surface area contributed by atoms with Crippen molar-refractivity contribution in [2.45, 2.75) is 58.9 Å². The van der Waals surface area contributed by atoms with E-state index in [1.807, 2.05) is 13.8 Å². The van der Waals surface area contributed by atoms with Crippen LogP contribution in [-0.2, 0) is 4.79 Å². The molecule has 1 saturated heterocycles. The molecule has 0 spiro atoms. The highest BCUT2D eigenvalue weighted by Gasteiger charge is 2.33. The molecule has 1 atom stereocenters. The topological polar surface area (TPSA) is 56.1 Å². The monoisotopic (exact) mass is 265 g/mol. The van der Waals surface area contributed by atoms with Crippen molar-refractivity contribution in [3.05, 3.63) is 0 Å². The van der Waals surface area contributed by atoms with Gasteiger partial charge in [-0.15, -0.1) is 0 Å². The average molecular weight is 265 g/mol. The van der Waals surface area contributed by atoms with E-state index in [-0.39, 0.29) is 17.4 Å². The molecule has 1 aliphatic rings. The Morgan fingerprint density at radius 3 is 2.58 bits per heavy atom. The Bertz CT molecular complexity index is 327. The van der Waals surface area contributed by atoms with Crippen LogP contribution in [0.2, 0.25) is 0 Å². The number of hydrogen-bond donors (Lipinski definition) is 1. The third-order valence-corrected chi connectivity index (χ3v) is 4.18. The lowest BCUT2D eigenvalue weighted by atomic mass is 9.81. The van der Waals surface area contributed by atoms with Crippen molar-refractivity contribution in [3.8, 4) is 6.07 Å². The second-order valence-corrected chi connectivity index (χ2v) is 5.88. The molecule has 19 heavy (non-hydrogen) atoms. The van der Waals surface area contributed by atoms with Crippen molar-refractivity contribution in [1.82, 2.24) is 10.2 Å². The van der Waals surface area contributed by atoms with E-state index in [4.69, 9.17) is 5.26 Å². The van der Waals surface area contributed by atoms with Crippen molar-refractivity contribution < 1.29 is 4.79 Å². The fourth-order valence-electron chi connectivity index (χ4n) is 2.42. The summed E-state index contributed by atoms with van der Waals surface area (Å²) < 4.78 is 0. The highest BCUT2D eigenvalue weighted by molar-refractivity contribution is 5.81. The molecule has 1 fully saturated rings. The molecule has 4 heteroatoms. The maximum Gasteiger partial charge on any atom is 0.237 e. The minimum absolute atomic E-state index is 0.0788. The van der Waals surface area contributed by atoms with Gasteiger partial charge in [-0.3, -0.25) is 9.69 Å². The summed E-state index contributed by atoms with van der Waals surface area (Å²) in [7, 11) is 0. The Balaban J connectivity index is 2.32. The molecule has 1 N–H and O–H groups in total. The van der Waals surface area contributed by atoms with Gasteiger partial charge in [0, 0.05) is 19.6 Å². The predicted molar refractivity (Wildman–Crippen MR) is 76.5 cm³/mol. The number of hydrogen-bond acceptors (Lipinski definition) is 3. The number of nitrogens with zero attached hydrogens (tertiary/aromatic N) is 2. The zero-order chi connectivity index (χ0) is 14.3. The smallest absolute Gasteiger partial charge is 0.237 e. The lowest BCUT2D eigenvalue weighted by molar-refractivity contribution is -0.126. The lowest BCUT2D eigenvalue weighted by Crippen LogP contribution is -2.49. The van der Waals surface area contributed by atoms with E-state index in [0.29, 0.717) is 0 Å². The van der Waals surface area contributed by atoms with E-state index in [9.17, 15) is 4.79 Å². The van der Waals surface area contributed by atoms with Crippen LogP contribution < -0.4 is 5.32 Å². The minimum atomic E-state index is -0.201. The summed E-state index contributed by atoms with van der Waals surface area (Å²) in [6.07, 6.45) is 5.11. The summed E-state index contributed by atoms with van der Waals surface area (Å²) in [6.45, 7) is 8.59. The quantitative estimate of drug-likeness (QED) is 0.750. The van der Waals surface area contributed by atoms with Crippen molar-refractivity contribution in [1.29, 1.82) is 5.26 Å². The van der Waals surface area contributed by atoms with Crippen molar-refractivity contribution in [3.63, 3.8) is 0 Å². The molecule has 0 aromatic heterocycles. The number of nitriles is 1. The van der Waals surface area contributed by atoms with Gasteiger partial charge in [0.1, 0.15) is 0 Å². The largest absolute Gasteiger partial charge is 0.355 e. The van der Waals surface area contributed by atoms with E-state index in [1.165, 1.54) is 12.8 Å². The van der Waals surface area contributed by atoms with E-state index < -0.39 is 0 Å². The van der Waals surface area contributed by atoms with E-state index in [2.05, 4.69) is 23.2 Å². The zero-order valence-corrected chi connectivity index (χ0v) is 12.5. The van der Waals surface area contributed by atoms with E-state index in [0.717, 1.165) is 38.9 Å². The highest BCUT2D eigenvalue weighted by atomic mass is 16.2. The van der Waals surface area contributed by atoms with Crippen LogP contribution in [0.15, 0.2) is 0 Å². The minimum Gasteiger partial charge on any atom is -0.355 e. The van der Waals surface area contributed by atoms with Crippen LogP contribution in [-0.4, -0.2) is 36.5 Å². The highest BCUT2D eigenvalue weighted by Crippen LogP contribution is 2.30. The first-order chi connectivity index (χ1) is 9.02. The molecule has 108 valence electrons. The van der Waals surface area contributed by atoms with Crippen LogP contribution in [0.25, 0.3) is 0 Å². The molecule has 1 amide bonds. The summed E-state index contributed by atoms with van der Waals surface area (Å²) >= 11 is 0. The summed E-state index contributed by atoms with van der Waals surface area (Å²) in [6, 6.07) is 2.31. The van der Waals surface area contributed by atoms with Crippen molar-refractivity contribution in [2.24, 2.45) is 5.41 Å². The molecule has 0 bridgehead atoms. The fraction of sp³-hybridized carbons (Fsp3) is 0.867. The van der Waals surface area contributed by atoms with Gasteiger partial charge in [-0.25, -0.2) is 0 Å². The fourth-order valence-corrected chi connectivity index (χ4v) is 2.42. The Morgan fingerprint density at radius 1 is 1.42 bits per heavy atom. The van der Waals surface area contributed by atoms with Crippen LogP contribution >= 0.6 is 0 Å². The molecule has 1 heterocycles. The molecular formula is C15H27N3O. The third kappa shape index (κ3) is 4.83. The summed E-state index contributed by atoms with van der Waals surface area (Å²) in [5.74, 6) is 0.122. The average Bonchev–Trinajstić information content (AvgIpc) is 2.43. The van der Waals surface area contributed by atoms with Crippen LogP contribution in [0.1, 0.15) is 52.9 Å². The number of piperidine rings is 1. The second kappa shape index (κ2) is 7.49. The SMILES string of the molecule is CCCCCNC(=O)C(C)N1CCC(C)(C#N)CC1. The van der Waals surface area contributed by atoms with Gasteiger partial charge >= 0.3 is 0 Å². The molecule has 0 aromatic carbocycles. The van der Waals surface area contributed by atoms with Crippen molar-refractivity contribution in [2.75, 3.05) is 19.6 Å². The first-order valence-electron chi connectivity index (χ1n) is 7.45. The number of likely N-dealkylation sites (tertiary alicyclic amines) is 1. The zero-order valence-electron chi connectivity index (χ0n) is 12.5. The summed E-state index contributed by atoms with van der Waals surface area (Å²) in [5.41, 5.74) is -0.201. The van der Waals surface area contributed by atoms with Gasteiger partial charge in [0.25, 0.3) is 0 Å². The van der Waals surface area contributed by atoms with Gasteiger partial charge in [-0.1, -0.05) is 19.8 Å². The maximum absolute atomic E-state index is 12.0. The van der Waals surface area contributed by atoms with Crippen LogP contribution in [0.5, 0.6) is 0 Å². The van der Waals surface area contributed by atoms with Crippen LogP contribution in [0.4, 0.5) is 0 Å². The molecule has 1 aliphatic heterocycles. The lowest BCUT2D eigenvalue weighted by Gasteiger charge is -2.37. The van der Waals surface area contributed by atoms with Gasteiger partial charge < -0.3 is 5.32 Å². The molecule has 4 nitrogen and oxygen atoms in total. The van der Waals surface area contributed by atoms with Crippen molar-refractivity contribution >= 4 is 5.91 Å². The Kier molecular flexibility index (Phi) is 6.30. The molecule has 0 radical (unpaired) electrons. The van der Waals surface area contributed by atoms with Gasteiger partial charge in [-0.2, -0.15) is 5.26 Å². The molecule has 1 rings (SSSR count). The molecule has 1 unspecified atom stereocenters. The first-order valence-corrected chi connectivity index (χ1v) is 7.45. The number of nitrogens with one attached hydrogen (secondary N) is 1. The Labute approximate surface area is 117 Å². The molecule has 0 aromatic rings.